The third-order valence-electron chi connectivity index (χ3n) is 4.39. The Bertz CT molecular complexity index is 578. The highest BCUT2D eigenvalue weighted by atomic mass is 16.5. The second-order valence-electron chi connectivity index (χ2n) is 6.59. The Morgan fingerprint density at radius 1 is 1.04 bits per heavy atom. The second kappa shape index (κ2) is 8.14. The lowest BCUT2D eigenvalue weighted by atomic mass is 9.75. The first-order valence-corrected chi connectivity index (χ1v) is 8.06. The summed E-state index contributed by atoms with van der Waals surface area (Å²) < 4.78 is 5.18. The third-order valence-corrected chi connectivity index (χ3v) is 4.39. The number of aliphatic hydroxyl groups excluding tert-OH is 1. The lowest BCUT2D eigenvalue weighted by molar-refractivity contribution is 0.129. The fourth-order valence-electron chi connectivity index (χ4n) is 2.75. The molecular formula is C20H27NO2. The fraction of sp³-hybridized carbons (Fsp3) is 0.400. The zero-order valence-electron chi connectivity index (χ0n) is 14.3. The van der Waals surface area contributed by atoms with Crippen LogP contribution in [0.5, 0.6) is 5.75 Å². The second-order valence-corrected chi connectivity index (χ2v) is 6.59. The number of benzene rings is 2. The summed E-state index contributed by atoms with van der Waals surface area (Å²) in [5.41, 5.74) is 2.31. The van der Waals surface area contributed by atoms with E-state index in [1.54, 1.807) is 7.11 Å². The molecule has 23 heavy (non-hydrogen) atoms. The molecule has 3 nitrogen and oxygen atoms in total. The molecule has 0 saturated heterocycles. The number of nitrogens with one attached hydrogen (secondary N) is 1. The maximum Gasteiger partial charge on any atom is 0.118 e. The fourth-order valence-corrected chi connectivity index (χ4v) is 2.75. The lowest BCUT2D eigenvalue weighted by Gasteiger charge is -2.33. The number of methoxy groups -OCH3 is 1. The van der Waals surface area contributed by atoms with E-state index >= 15 is 0 Å². The standard InChI is InChI=1S/C20H27NO2/c1-20(2,15-22)19(17-7-5-4-6-8-17)14-21-13-16-9-11-18(23-3)12-10-16/h4-12,19,21-22H,13-15H2,1-3H3. The number of ether oxygens (including phenoxy) is 1. The van der Waals surface area contributed by atoms with Crippen molar-refractivity contribution < 1.29 is 9.84 Å². The van der Waals surface area contributed by atoms with Gasteiger partial charge in [-0.2, -0.15) is 0 Å². The van der Waals surface area contributed by atoms with Crippen LogP contribution in [0.3, 0.4) is 0 Å². The zero-order chi connectivity index (χ0) is 16.7. The normalized spacial score (nSPS) is 12.9. The van der Waals surface area contributed by atoms with Gasteiger partial charge in [-0.3, -0.25) is 0 Å². The first kappa shape index (κ1) is 17.5. The van der Waals surface area contributed by atoms with Crippen LogP contribution < -0.4 is 10.1 Å². The molecule has 0 aliphatic rings. The van der Waals surface area contributed by atoms with Gasteiger partial charge in [0, 0.05) is 25.6 Å². The minimum Gasteiger partial charge on any atom is -0.497 e. The van der Waals surface area contributed by atoms with Crippen molar-refractivity contribution in [3.63, 3.8) is 0 Å². The molecule has 2 N–H and O–H groups in total. The van der Waals surface area contributed by atoms with E-state index in [1.165, 1.54) is 11.1 Å². The van der Waals surface area contributed by atoms with E-state index in [0.717, 1.165) is 18.8 Å². The molecule has 0 aliphatic heterocycles. The van der Waals surface area contributed by atoms with E-state index in [-0.39, 0.29) is 17.9 Å². The lowest BCUT2D eigenvalue weighted by Crippen LogP contribution is -2.34. The van der Waals surface area contributed by atoms with Crippen LogP contribution in [0.1, 0.15) is 30.9 Å². The molecule has 0 amide bonds. The summed E-state index contributed by atoms with van der Waals surface area (Å²) in [6, 6.07) is 18.5. The van der Waals surface area contributed by atoms with Gasteiger partial charge in [-0.05, 0) is 28.7 Å². The van der Waals surface area contributed by atoms with E-state index in [9.17, 15) is 5.11 Å². The van der Waals surface area contributed by atoms with Crippen LogP contribution in [0, 0.1) is 5.41 Å². The summed E-state index contributed by atoms with van der Waals surface area (Å²) in [5.74, 6) is 1.13. The van der Waals surface area contributed by atoms with Gasteiger partial charge in [-0.25, -0.2) is 0 Å². The molecule has 1 atom stereocenters. The van der Waals surface area contributed by atoms with Crippen LogP contribution in [-0.4, -0.2) is 25.4 Å². The molecule has 0 heterocycles. The highest BCUT2D eigenvalue weighted by Gasteiger charge is 2.29. The number of aliphatic hydroxyl groups is 1. The molecule has 2 rings (SSSR count). The monoisotopic (exact) mass is 313 g/mol. The third kappa shape index (κ3) is 4.81. The average Bonchev–Trinajstić information content (AvgIpc) is 2.60. The highest BCUT2D eigenvalue weighted by Crippen LogP contribution is 2.34. The number of rotatable bonds is 8. The Labute approximate surface area is 139 Å². The Balaban J connectivity index is 2.01. The van der Waals surface area contributed by atoms with Crippen LogP contribution in [0.15, 0.2) is 54.6 Å². The van der Waals surface area contributed by atoms with Gasteiger partial charge >= 0.3 is 0 Å². The Morgan fingerprint density at radius 2 is 1.70 bits per heavy atom. The molecule has 2 aromatic carbocycles. The minimum atomic E-state index is -0.172. The Morgan fingerprint density at radius 3 is 2.26 bits per heavy atom. The van der Waals surface area contributed by atoms with Crippen LogP contribution in [0.2, 0.25) is 0 Å². The zero-order valence-corrected chi connectivity index (χ0v) is 14.3. The van der Waals surface area contributed by atoms with Gasteiger partial charge in [0.1, 0.15) is 5.75 Å². The summed E-state index contributed by atoms with van der Waals surface area (Å²) in [6.45, 7) is 6.01. The summed E-state index contributed by atoms with van der Waals surface area (Å²) in [6.07, 6.45) is 0. The molecular weight excluding hydrogens is 286 g/mol. The van der Waals surface area contributed by atoms with Crippen molar-refractivity contribution in [2.75, 3.05) is 20.3 Å². The van der Waals surface area contributed by atoms with Crippen molar-refractivity contribution in [2.24, 2.45) is 5.41 Å². The van der Waals surface area contributed by atoms with Crippen molar-refractivity contribution in [1.82, 2.24) is 5.32 Å². The van der Waals surface area contributed by atoms with E-state index in [2.05, 4.69) is 55.6 Å². The van der Waals surface area contributed by atoms with Gasteiger partial charge in [-0.15, -0.1) is 0 Å². The van der Waals surface area contributed by atoms with E-state index in [4.69, 9.17) is 4.74 Å². The smallest absolute Gasteiger partial charge is 0.118 e. The van der Waals surface area contributed by atoms with Crippen LogP contribution in [0.4, 0.5) is 0 Å². The summed E-state index contributed by atoms with van der Waals surface area (Å²) in [4.78, 5) is 0. The predicted molar refractivity (Wildman–Crippen MR) is 94.8 cm³/mol. The Hall–Kier alpha value is -1.84. The summed E-state index contributed by atoms with van der Waals surface area (Å²) in [5, 5.41) is 13.3. The summed E-state index contributed by atoms with van der Waals surface area (Å²) >= 11 is 0. The Kier molecular flexibility index (Phi) is 6.20. The topological polar surface area (TPSA) is 41.5 Å². The molecule has 0 aromatic heterocycles. The maximum absolute atomic E-state index is 9.76. The van der Waals surface area contributed by atoms with Crippen molar-refractivity contribution >= 4 is 0 Å². The molecule has 0 radical (unpaired) electrons. The maximum atomic E-state index is 9.76. The largest absolute Gasteiger partial charge is 0.497 e. The molecule has 0 spiro atoms. The van der Waals surface area contributed by atoms with Crippen LogP contribution in [0.25, 0.3) is 0 Å². The van der Waals surface area contributed by atoms with Crippen molar-refractivity contribution in [2.45, 2.75) is 26.3 Å². The molecule has 124 valence electrons. The molecule has 3 heteroatoms. The van der Waals surface area contributed by atoms with Crippen LogP contribution >= 0.6 is 0 Å². The molecule has 0 saturated carbocycles. The van der Waals surface area contributed by atoms with Gasteiger partial charge in [0.25, 0.3) is 0 Å². The first-order chi connectivity index (χ1) is 11.1. The van der Waals surface area contributed by atoms with E-state index in [1.807, 2.05) is 18.2 Å². The average molecular weight is 313 g/mol. The molecule has 0 aliphatic carbocycles. The van der Waals surface area contributed by atoms with Crippen LogP contribution in [-0.2, 0) is 6.54 Å². The minimum absolute atomic E-state index is 0.163. The van der Waals surface area contributed by atoms with E-state index in [0.29, 0.717) is 0 Å². The molecule has 2 aromatic rings. The van der Waals surface area contributed by atoms with Gasteiger partial charge in [0.05, 0.1) is 7.11 Å². The van der Waals surface area contributed by atoms with Crippen molar-refractivity contribution in [3.05, 3.63) is 65.7 Å². The van der Waals surface area contributed by atoms with Gasteiger partial charge in [0.2, 0.25) is 0 Å². The quantitative estimate of drug-likeness (QED) is 0.782. The van der Waals surface area contributed by atoms with E-state index < -0.39 is 0 Å². The predicted octanol–water partition coefficient (Wildman–Crippen LogP) is 3.59. The van der Waals surface area contributed by atoms with Gasteiger partial charge in [-0.1, -0.05) is 56.3 Å². The number of hydrogen-bond donors (Lipinski definition) is 2. The molecule has 1 unspecified atom stereocenters. The highest BCUT2D eigenvalue weighted by molar-refractivity contribution is 5.27. The first-order valence-electron chi connectivity index (χ1n) is 8.06. The SMILES string of the molecule is COc1ccc(CNCC(c2ccccc2)C(C)(C)CO)cc1. The molecule has 0 bridgehead atoms. The van der Waals surface area contributed by atoms with Crippen molar-refractivity contribution in [3.8, 4) is 5.75 Å². The molecule has 0 fully saturated rings. The summed E-state index contributed by atoms with van der Waals surface area (Å²) in [7, 11) is 1.68. The number of hydrogen-bond acceptors (Lipinski definition) is 3. The van der Waals surface area contributed by atoms with Crippen molar-refractivity contribution in [1.29, 1.82) is 0 Å². The van der Waals surface area contributed by atoms with Gasteiger partial charge in [0.15, 0.2) is 0 Å². The van der Waals surface area contributed by atoms with Gasteiger partial charge < -0.3 is 15.2 Å².